The number of rotatable bonds is 8. The van der Waals surface area contributed by atoms with Crippen LogP contribution in [0.5, 0.6) is 0 Å². The average Bonchev–Trinajstić information content (AvgIpc) is 2.84. The summed E-state index contributed by atoms with van der Waals surface area (Å²) in [4.78, 5) is 0. The molecule has 0 radical (unpaired) electrons. The van der Waals surface area contributed by atoms with Crippen LogP contribution in [0, 0.1) is 6.92 Å². The van der Waals surface area contributed by atoms with Gasteiger partial charge in [0.2, 0.25) is 0 Å². The molecule has 0 amide bonds. The number of anilines is 1. The van der Waals surface area contributed by atoms with E-state index < -0.39 is 0 Å². The minimum Gasteiger partial charge on any atom is -0.362 e. The number of aryl methyl sites for hydroxylation is 1. The summed E-state index contributed by atoms with van der Waals surface area (Å²) in [6, 6.07) is 34.0. The van der Waals surface area contributed by atoms with E-state index in [-0.39, 0.29) is 5.41 Å². The van der Waals surface area contributed by atoms with E-state index in [1.807, 2.05) is 42.6 Å². The largest absolute Gasteiger partial charge is 0.362 e. The Balaban J connectivity index is 1.68. The van der Waals surface area contributed by atoms with E-state index >= 15 is 0 Å². The molecule has 4 aromatic carbocycles. The monoisotopic (exact) mass is 429 g/mol. The number of fused-ring (bicyclic) bond motifs is 1. The highest BCUT2D eigenvalue weighted by molar-refractivity contribution is 5.88. The Hall–Kier alpha value is -3.84. The maximum atomic E-state index is 4.56. The van der Waals surface area contributed by atoms with Gasteiger partial charge in [0.25, 0.3) is 0 Å². The third-order valence-corrected chi connectivity index (χ3v) is 6.33. The Kier molecular flexibility index (Phi) is 6.90. The first-order chi connectivity index (χ1) is 16.1. The molecular weight excluding hydrogens is 398 g/mol. The Bertz CT molecular complexity index is 1280. The van der Waals surface area contributed by atoms with Crippen LogP contribution in [0.25, 0.3) is 10.8 Å². The van der Waals surface area contributed by atoms with Gasteiger partial charge in [0, 0.05) is 17.3 Å². The summed E-state index contributed by atoms with van der Waals surface area (Å²) in [7, 11) is 0. The van der Waals surface area contributed by atoms with Crippen molar-refractivity contribution in [2.45, 2.75) is 25.7 Å². The molecule has 4 aromatic rings. The second kappa shape index (κ2) is 10.2. The molecule has 0 bridgehead atoms. The van der Waals surface area contributed by atoms with Crippen LogP contribution in [0.1, 0.15) is 23.6 Å². The minimum absolute atomic E-state index is 0.247. The second-order valence-corrected chi connectivity index (χ2v) is 8.73. The SMILES string of the molecule is C=C(/C=C/C=C/Nc1ccccc1)C(C)(Cc1ccccc1)c1c(C)ccc2ccccc12. The number of allylic oxidation sites excluding steroid dienone is 4. The van der Waals surface area contributed by atoms with E-state index in [1.54, 1.807) is 0 Å². The van der Waals surface area contributed by atoms with Crippen LogP contribution in [0.4, 0.5) is 5.69 Å². The van der Waals surface area contributed by atoms with Crippen LogP contribution in [0.2, 0.25) is 0 Å². The molecule has 0 aromatic heterocycles. The van der Waals surface area contributed by atoms with E-state index in [4.69, 9.17) is 0 Å². The standard InChI is InChI=1S/C32H31N/c1-25-21-22-28-17-10-11-20-30(28)31(25)32(3,24-27-15-6-4-7-16-27)26(2)14-12-13-23-33-29-18-8-5-9-19-29/h4-23,33H,2,24H2,1,3H3/b14-12+,23-13+. The number of benzene rings is 4. The van der Waals surface area contributed by atoms with Crippen molar-refractivity contribution in [3.63, 3.8) is 0 Å². The summed E-state index contributed by atoms with van der Waals surface area (Å²) in [5.41, 5.74) is 5.87. The lowest BCUT2D eigenvalue weighted by Gasteiger charge is -2.34. The van der Waals surface area contributed by atoms with Crippen LogP contribution >= 0.6 is 0 Å². The Morgan fingerprint density at radius 3 is 2.24 bits per heavy atom. The lowest BCUT2D eigenvalue weighted by Crippen LogP contribution is -2.28. The van der Waals surface area contributed by atoms with Crippen LogP contribution in [0.15, 0.2) is 134 Å². The Labute approximate surface area is 197 Å². The summed E-state index contributed by atoms with van der Waals surface area (Å²) in [5, 5.41) is 5.86. The third-order valence-electron chi connectivity index (χ3n) is 6.33. The molecule has 0 saturated heterocycles. The highest BCUT2D eigenvalue weighted by Crippen LogP contribution is 2.41. The third kappa shape index (κ3) is 5.15. The van der Waals surface area contributed by atoms with Crippen molar-refractivity contribution in [1.82, 2.24) is 0 Å². The molecule has 4 rings (SSSR count). The van der Waals surface area contributed by atoms with Gasteiger partial charge in [0.05, 0.1) is 0 Å². The first-order valence-electron chi connectivity index (χ1n) is 11.4. The molecule has 0 aliphatic rings. The van der Waals surface area contributed by atoms with Crippen molar-refractivity contribution in [3.05, 3.63) is 150 Å². The van der Waals surface area contributed by atoms with E-state index in [9.17, 15) is 0 Å². The quantitative estimate of drug-likeness (QED) is 0.277. The van der Waals surface area contributed by atoms with Crippen LogP contribution in [-0.4, -0.2) is 0 Å². The van der Waals surface area contributed by atoms with Crippen molar-refractivity contribution in [2.75, 3.05) is 5.32 Å². The van der Waals surface area contributed by atoms with Gasteiger partial charge < -0.3 is 5.32 Å². The lowest BCUT2D eigenvalue weighted by molar-refractivity contribution is 0.569. The first kappa shape index (κ1) is 22.4. The molecule has 0 aliphatic heterocycles. The predicted octanol–water partition coefficient (Wildman–Crippen LogP) is 8.39. The molecule has 1 atom stereocenters. The van der Waals surface area contributed by atoms with Crippen molar-refractivity contribution in [2.24, 2.45) is 0 Å². The van der Waals surface area contributed by atoms with Crippen molar-refractivity contribution >= 4 is 16.5 Å². The highest BCUT2D eigenvalue weighted by atomic mass is 14.8. The number of nitrogens with one attached hydrogen (secondary N) is 1. The zero-order valence-electron chi connectivity index (χ0n) is 19.5. The van der Waals surface area contributed by atoms with Gasteiger partial charge in [-0.25, -0.2) is 0 Å². The Morgan fingerprint density at radius 2 is 1.48 bits per heavy atom. The van der Waals surface area contributed by atoms with Crippen molar-refractivity contribution in [1.29, 1.82) is 0 Å². The lowest BCUT2D eigenvalue weighted by atomic mass is 9.69. The van der Waals surface area contributed by atoms with E-state index in [0.29, 0.717) is 0 Å². The average molecular weight is 430 g/mol. The topological polar surface area (TPSA) is 12.0 Å². The molecule has 1 unspecified atom stereocenters. The van der Waals surface area contributed by atoms with Gasteiger partial charge in [-0.2, -0.15) is 0 Å². The zero-order chi connectivity index (χ0) is 23.1. The van der Waals surface area contributed by atoms with Gasteiger partial charge in [0.15, 0.2) is 0 Å². The molecule has 164 valence electrons. The van der Waals surface area contributed by atoms with Gasteiger partial charge in [-0.1, -0.05) is 111 Å². The molecule has 0 saturated carbocycles. The second-order valence-electron chi connectivity index (χ2n) is 8.73. The van der Waals surface area contributed by atoms with Crippen molar-refractivity contribution < 1.29 is 0 Å². The molecule has 1 nitrogen and oxygen atoms in total. The molecule has 1 N–H and O–H groups in total. The fourth-order valence-corrected chi connectivity index (χ4v) is 4.57. The summed E-state index contributed by atoms with van der Waals surface area (Å²) in [5.74, 6) is 0. The van der Waals surface area contributed by atoms with Gasteiger partial charge in [-0.3, -0.25) is 0 Å². The van der Waals surface area contributed by atoms with Crippen LogP contribution in [0.3, 0.4) is 0 Å². The number of hydrogen-bond acceptors (Lipinski definition) is 1. The van der Waals surface area contributed by atoms with Gasteiger partial charge in [0.1, 0.15) is 0 Å². The molecule has 0 heterocycles. The fourth-order valence-electron chi connectivity index (χ4n) is 4.57. The van der Waals surface area contributed by atoms with Gasteiger partial charge in [-0.05, 0) is 64.6 Å². The van der Waals surface area contributed by atoms with Gasteiger partial charge >= 0.3 is 0 Å². The summed E-state index contributed by atoms with van der Waals surface area (Å²) >= 11 is 0. The highest BCUT2D eigenvalue weighted by Gasteiger charge is 2.32. The van der Waals surface area contributed by atoms with Gasteiger partial charge in [-0.15, -0.1) is 0 Å². The molecular formula is C32H31N. The smallest absolute Gasteiger partial charge is 0.0379 e. The fraction of sp³-hybridized carbons (Fsp3) is 0.125. The maximum absolute atomic E-state index is 4.56. The molecule has 33 heavy (non-hydrogen) atoms. The zero-order valence-corrected chi connectivity index (χ0v) is 19.5. The maximum Gasteiger partial charge on any atom is 0.0379 e. The summed E-state index contributed by atoms with van der Waals surface area (Å²) in [6.45, 7) is 9.10. The molecule has 0 fully saturated rings. The van der Waals surface area contributed by atoms with E-state index in [1.165, 1.54) is 27.5 Å². The molecule has 0 aliphatic carbocycles. The van der Waals surface area contributed by atoms with E-state index in [0.717, 1.165) is 17.7 Å². The van der Waals surface area contributed by atoms with Crippen LogP contribution in [-0.2, 0) is 11.8 Å². The number of hydrogen-bond donors (Lipinski definition) is 1. The predicted molar refractivity (Wildman–Crippen MR) is 144 cm³/mol. The van der Waals surface area contributed by atoms with Crippen LogP contribution < -0.4 is 5.32 Å². The van der Waals surface area contributed by atoms with Crippen molar-refractivity contribution in [3.8, 4) is 0 Å². The number of para-hydroxylation sites is 1. The normalized spacial score (nSPS) is 13.4. The summed E-state index contributed by atoms with van der Waals surface area (Å²) < 4.78 is 0. The summed E-state index contributed by atoms with van der Waals surface area (Å²) in [6.07, 6.45) is 9.08. The Morgan fingerprint density at radius 1 is 0.818 bits per heavy atom. The van der Waals surface area contributed by atoms with E-state index in [2.05, 4.69) is 105 Å². The molecule has 0 spiro atoms. The first-order valence-corrected chi connectivity index (χ1v) is 11.4. The molecule has 1 heteroatoms. The minimum atomic E-state index is -0.247.